The van der Waals surface area contributed by atoms with Crippen LogP contribution in [0, 0.1) is 6.92 Å². The van der Waals surface area contributed by atoms with Gasteiger partial charge >= 0.3 is 0 Å². The monoisotopic (exact) mass is 336 g/mol. The van der Waals surface area contributed by atoms with E-state index in [1.54, 1.807) is 7.05 Å². The summed E-state index contributed by atoms with van der Waals surface area (Å²) in [6.45, 7) is 2.03. The Morgan fingerprint density at radius 3 is 2.40 bits per heavy atom. The number of rotatable bonds is 4. The summed E-state index contributed by atoms with van der Waals surface area (Å²) in [7, 11) is 5.57. The van der Waals surface area contributed by atoms with E-state index in [1.165, 1.54) is 0 Å². The van der Waals surface area contributed by atoms with Crippen molar-refractivity contribution in [2.45, 2.75) is 6.92 Å². The molecule has 1 aromatic carbocycles. The number of nitrogens with one attached hydrogen (secondary N) is 2. The molecule has 0 radical (unpaired) electrons. The molecule has 1 heterocycles. The van der Waals surface area contributed by atoms with Crippen molar-refractivity contribution < 1.29 is 0 Å². The average molecular weight is 337 g/mol. The van der Waals surface area contributed by atoms with Crippen LogP contribution in [0.15, 0.2) is 22.7 Å². The lowest BCUT2D eigenvalue weighted by Crippen LogP contribution is -2.15. The molecule has 0 aliphatic heterocycles. The molecule has 0 unspecified atom stereocenters. The number of halogens is 1. The Morgan fingerprint density at radius 1 is 1.10 bits per heavy atom. The van der Waals surface area contributed by atoms with Crippen LogP contribution in [-0.4, -0.2) is 36.1 Å². The lowest BCUT2D eigenvalue weighted by molar-refractivity contribution is 0.962. The summed E-state index contributed by atoms with van der Waals surface area (Å²) < 4.78 is 1.04. The van der Waals surface area contributed by atoms with E-state index in [0.717, 1.165) is 15.7 Å². The Bertz CT molecular complexity index is 614. The van der Waals surface area contributed by atoms with Crippen molar-refractivity contribution in [3.05, 3.63) is 28.2 Å². The molecule has 0 saturated heterocycles. The number of nitrogens with zero attached hydrogens (tertiary/aromatic N) is 4. The van der Waals surface area contributed by atoms with Gasteiger partial charge in [-0.05, 0) is 30.7 Å². The van der Waals surface area contributed by atoms with Gasteiger partial charge in [0.2, 0.25) is 17.8 Å². The third kappa shape index (κ3) is 3.36. The normalized spacial score (nSPS) is 10.2. The summed E-state index contributed by atoms with van der Waals surface area (Å²) in [5.74, 6) is 1.64. The molecule has 7 heteroatoms. The Balaban J connectivity index is 2.34. The number of benzene rings is 1. The van der Waals surface area contributed by atoms with E-state index < -0.39 is 0 Å². The second-order valence-corrected chi connectivity index (χ2v) is 5.43. The maximum absolute atomic E-state index is 4.38. The third-order valence-electron chi connectivity index (χ3n) is 2.68. The highest BCUT2D eigenvalue weighted by Crippen LogP contribution is 2.23. The number of aromatic nitrogens is 3. The first kappa shape index (κ1) is 14.5. The van der Waals surface area contributed by atoms with Gasteiger partial charge in [-0.1, -0.05) is 15.9 Å². The predicted octanol–water partition coefficient (Wildman–Crippen LogP) is 2.79. The summed E-state index contributed by atoms with van der Waals surface area (Å²) >= 11 is 3.45. The van der Waals surface area contributed by atoms with Crippen molar-refractivity contribution in [1.82, 2.24) is 15.0 Å². The number of aryl methyl sites for hydroxylation is 1. The van der Waals surface area contributed by atoms with Crippen molar-refractivity contribution >= 4 is 39.5 Å². The second kappa shape index (κ2) is 6.04. The number of hydrogen-bond acceptors (Lipinski definition) is 6. The maximum atomic E-state index is 4.38. The van der Waals surface area contributed by atoms with Gasteiger partial charge in [-0.3, -0.25) is 0 Å². The first-order valence-corrected chi connectivity index (χ1v) is 6.93. The molecule has 0 aliphatic rings. The van der Waals surface area contributed by atoms with Gasteiger partial charge in [-0.2, -0.15) is 15.0 Å². The van der Waals surface area contributed by atoms with E-state index in [-0.39, 0.29) is 0 Å². The van der Waals surface area contributed by atoms with Gasteiger partial charge in [-0.25, -0.2) is 0 Å². The molecule has 1 aromatic heterocycles. The summed E-state index contributed by atoms with van der Waals surface area (Å²) in [6.07, 6.45) is 0. The maximum Gasteiger partial charge on any atom is 0.233 e. The first-order chi connectivity index (χ1) is 9.49. The highest BCUT2D eigenvalue weighted by atomic mass is 79.9. The summed E-state index contributed by atoms with van der Waals surface area (Å²) in [5, 5.41) is 6.16. The fraction of sp³-hybridized carbons (Fsp3) is 0.308. The SMILES string of the molecule is CNc1nc(Nc2ccc(Br)cc2C)nc(N(C)C)n1. The second-order valence-electron chi connectivity index (χ2n) is 4.51. The fourth-order valence-electron chi connectivity index (χ4n) is 1.62. The van der Waals surface area contributed by atoms with Gasteiger partial charge in [0, 0.05) is 31.3 Å². The van der Waals surface area contributed by atoms with Crippen LogP contribution in [0.25, 0.3) is 0 Å². The van der Waals surface area contributed by atoms with E-state index in [9.17, 15) is 0 Å². The van der Waals surface area contributed by atoms with Crippen molar-refractivity contribution in [2.75, 3.05) is 36.7 Å². The summed E-state index contributed by atoms with van der Waals surface area (Å²) in [5.41, 5.74) is 2.07. The van der Waals surface area contributed by atoms with Gasteiger partial charge in [-0.15, -0.1) is 0 Å². The lowest BCUT2D eigenvalue weighted by Gasteiger charge is -2.14. The molecule has 2 N–H and O–H groups in total. The van der Waals surface area contributed by atoms with Crippen LogP contribution in [0.3, 0.4) is 0 Å². The smallest absolute Gasteiger partial charge is 0.233 e. The average Bonchev–Trinajstić information content (AvgIpc) is 2.41. The minimum Gasteiger partial charge on any atom is -0.357 e. The van der Waals surface area contributed by atoms with Gasteiger partial charge in [0.1, 0.15) is 0 Å². The minimum absolute atomic E-state index is 0.512. The molecule has 20 heavy (non-hydrogen) atoms. The summed E-state index contributed by atoms with van der Waals surface area (Å²) in [6, 6.07) is 6.00. The van der Waals surface area contributed by atoms with E-state index >= 15 is 0 Å². The van der Waals surface area contributed by atoms with Crippen molar-refractivity contribution in [3.63, 3.8) is 0 Å². The highest BCUT2D eigenvalue weighted by molar-refractivity contribution is 9.10. The molecule has 0 fully saturated rings. The Morgan fingerprint density at radius 2 is 1.80 bits per heavy atom. The zero-order valence-corrected chi connectivity index (χ0v) is 13.5. The van der Waals surface area contributed by atoms with Gasteiger partial charge < -0.3 is 15.5 Å². The quantitative estimate of drug-likeness (QED) is 0.894. The van der Waals surface area contributed by atoms with Gasteiger partial charge in [0.05, 0.1) is 0 Å². The van der Waals surface area contributed by atoms with E-state index in [1.807, 2.05) is 44.1 Å². The Kier molecular flexibility index (Phi) is 4.39. The third-order valence-corrected chi connectivity index (χ3v) is 3.18. The fourth-order valence-corrected chi connectivity index (χ4v) is 2.10. The molecule has 0 aliphatic carbocycles. The standard InChI is InChI=1S/C13H17BrN6/c1-8-7-9(14)5-6-10(8)16-12-17-11(15-2)18-13(19-12)20(3)4/h5-7H,1-4H3,(H2,15,16,17,18,19). The Labute approximate surface area is 126 Å². The van der Waals surface area contributed by atoms with E-state index in [2.05, 4.69) is 41.5 Å². The lowest BCUT2D eigenvalue weighted by atomic mass is 10.2. The topological polar surface area (TPSA) is 66.0 Å². The molecule has 0 saturated carbocycles. The molecule has 0 atom stereocenters. The summed E-state index contributed by atoms with van der Waals surface area (Å²) in [4.78, 5) is 14.8. The number of anilines is 4. The molecule has 2 aromatic rings. The molecule has 106 valence electrons. The van der Waals surface area contributed by atoms with Crippen LogP contribution >= 0.6 is 15.9 Å². The van der Waals surface area contributed by atoms with Crippen LogP contribution < -0.4 is 15.5 Å². The molecule has 0 amide bonds. The minimum atomic E-state index is 0.512. The van der Waals surface area contributed by atoms with Crippen LogP contribution in [-0.2, 0) is 0 Å². The molecular formula is C13H17BrN6. The Hall–Kier alpha value is -1.89. The first-order valence-electron chi connectivity index (χ1n) is 6.14. The number of hydrogen-bond donors (Lipinski definition) is 2. The van der Waals surface area contributed by atoms with Crippen molar-refractivity contribution in [1.29, 1.82) is 0 Å². The van der Waals surface area contributed by atoms with Gasteiger partial charge in [0.15, 0.2) is 0 Å². The zero-order valence-electron chi connectivity index (χ0n) is 11.9. The largest absolute Gasteiger partial charge is 0.357 e. The molecule has 0 spiro atoms. The van der Waals surface area contributed by atoms with Crippen LogP contribution in [0.4, 0.5) is 23.5 Å². The van der Waals surface area contributed by atoms with Crippen LogP contribution in [0.5, 0.6) is 0 Å². The van der Waals surface area contributed by atoms with Crippen molar-refractivity contribution in [3.8, 4) is 0 Å². The molecule has 2 rings (SSSR count). The molecule has 6 nitrogen and oxygen atoms in total. The van der Waals surface area contributed by atoms with E-state index in [0.29, 0.717) is 17.8 Å². The molecule has 0 bridgehead atoms. The molecular weight excluding hydrogens is 320 g/mol. The van der Waals surface area contributed by atoms with E-state index in [4.69, 9.17) is 0 Å². The van der Waals surface area contributed by atoms with Crippen LogP contribution in [0.1, 0.15) is 5.56 Å². The van der Waals surface area contributed by atoms with Crippen molar-refractivity contribution in [2.24, 2.45) is 0 Å². The van der Waals surface area contributed by atoms with Gasteiger partial charge in [0.25, 0.3) is 0 Å². The highest BCUT2D eigenvalue weighted by Gasteiger charge is 2.08. The van der Waals surface area contributed by atoms with Crippen LogP contribution in [0.2, 0.25) is 0 Å². The zero-order chi connectivity index (χ0) is 14.7. The predicted molar refractivity (Wildman–Crippen MR) is 85.9 cm³/mol.